The summed E-state index contributed by atoms with van der Waals surface area (Å²) in [5, 5.41) is 0.921. The van der Waals surface area contributed by atoms with E-state index < -0.39 is 0 Å². The van der Waals surface area contributed by atoms with Gasteiger partial charge in [-0.1, -0.05) is 40.2 Å². The van der Waals surface area contributed by atoms with Crippen LogP contribution < -0.4 is 4.90 Å². The predicted octanol–water partition coefficient (Wildman–Crippen LogP) is 3.96. The van der Waals surface area contributed by atoms with Gasteiger partial charge in [0.1, 0.15) is 0 Å². The smallest absolute Gasteiger partial charge is 0.254 e. The Hall–Kier alpha value is -2.40. The Kier molecular flexibility index (Phi) is 4.40. The van der Waals surface area contributed by atoms with Gasteiger partial charge in [-0.25, -0.2) is 0 Å². The van der Waals surface area contributed by atoms with Gasteiger partial charge in [-0.15, -0.1) is 0 Å². The largest absolute Gasteiger partial charge is 0.368 e. The number of hydrogen-bond donors (Lipinski definition) is 0. The maximum Gasteiger partial charge on any atom is 0.254 e. The third-order valence-electron chi connectivity index (χ3n) is 4.62. The first-order valence-electron chi connectivity index (χ1n) is 8.36. The van der Waals surface area contributed by atoms with E-state index in [-0.39, 0.29) is 5.91 Å². The van der Waals surface area contributed by atoms with Crippen LogP contribution in [0.15, 0.2) is 65.3 Å². The molecule has 0 spiro atoms. The Morgan fingerprint density at radius 2 is 1.76 bits per heavy atom. The van der Waals surface area contributed by atoms with E-state index in [2.05, 4.69) is 37.9 Å². The van der Waals surface area contributed by atoms with Crippen molar-refractivity contribution in [2.45, 2.75) is 0 Å². The molecule has 4 rings (SSSR count). The molecule has 1 aliphatic heterocycles. The maximum atomic E-state index is 13.0. The van der Waals surface area contributed by atoms with Crippen LogP contribution >= 0.6 is 15.9 Å². The average Bonchev–Trinajstić information content (AvgIpc) is 2.67. The molecule has 2 heterocycles. The minimum absolute atomic E-state index is 0.0903. The van der Waals surface area contributed by atoms with Gasteiger partial charge in [0.25, 0.3) is 5.91 Å². The normalized spacial score (nSPS) is 14.8. The minimum atomic E-state index is 0.0903. The molecule has 0 saturated carbocycles. The van der Waals surface area contributed by atoms with E-state index in [1.165, 1.54) is 5.69 Å². The van der Waals surface area contributed by atoms with Crippen LogP contribution in [-0.4, -0.2) is 42.0 Å². The van der Waals surface area contributed by atoms with Gasteiger partial charge in [0.2, 0.25) is 0 Å². The van der Waals surface area contributed by atoms with E-state index in [9.17, 15) is 4.79 Å². The summed E-state index contributed by atoms with van der Waals surface area (Å²) in [5.74, 6) is 0.0903. The lowest BCUT2D eigenvalue weighted by Gasteiger charge is -2.36. The van der Waals surface area contributed by atoms with Gasteiger partial charge in [-0.05, 0) is 30.3 Å². The fourth-order valence-electron chi connectivity index (χ4n) is 3.29. The van der Waals surface area contributed by atoms with Crippen LogP contribution in [0, 0.1) is 0 Å². The zero-order valence-corrected chi connectivity index (χ0v) is 15.3. The van der Waals surface area contributed by atoms with Gasteiger partial charge in [-0.3, -0.25) is 9.78 Å². The molecule has 1 amide bonds. The summed E-state index contributed by atoms with van der Waals surface area (Å²) in [7, 11) is 0. The lowest BCUT2D eigenvalue weighted by Crippen LogP contribution is -2.48. The summed E-state index contributed by atoms with van der Waals surface area (Å²) < 4.78 is 1.08. The molecule has 25 heavy (non-hydrogen) atoms. The maximum absolute atomic E-state index is 13.0. The second kappa shape index (κ2) is 6.84. The number of anilines is 1. The highest BCUT2D eigenvalue weighted by molar-refractivity contribution is 9.10. The van der Waals surface area contributed by atoms with E-state index in [1.807, 2.05) is 47.4 Å². The SMILES string of the molecule is O=C(c1ccnc2ccccc12)N1CCN(c2cccc(Br)c2)CC1. The molecule has 1 saturated heterocycles. The number of carbonyl (C=O) groups excluding carboxylic acids is 1. The van der Waals surface area contributed by atoms with Gasteiger partial charge in [0.15, 0.2) is 0 Å². The molecular formula is C20H18BrN3O. The topological polar surface area (TPSA) is 36.4 Å². The van der Waals surface area contributed by atoms with Gasteiger partial charge < -0.3 is 9.80 Å². The highest BCUT2D eigenvalue weighted by Crippen LogP contribution is 2.23. The molecule has 3 aromatic rings. The zero-order chi connectivity index (χ0) is 17.2. The fraction of sp³-hybridized carbons (Fsp3) is 0.200. The summed E-state index contributed by atoms with van der Waals surface area (Å²) in [6.07, 6.45) is 1.72. The number of pyridine rings is 1. The van der Waals surface area contributed by atoms with Crippen LogP contribution in [-0.2, 0) is 0 Å². The highest BCUT2D eigenvalue weighted by Gasteiger charge is 2.23. The number of rotatable bonds is 2. The van der Waals surface area contributed by atoms with Crippen LogP contribution in [0.1, 0.15) is 10.4 Å². The number of carbonyl (C=O) groups is 1. The van der Waals surface area contributed by atoms with Crippen LogP contribution in [0.2, 0.25) is 0 Å². The molecular weight excluding hydrogens is 378 g/mol. The molecule has 5 heteroatoms. The van der Waals surface area contributed by atoms with Gasteiger partial charge in [0.05, 0.1) is 11.1 Å². The Morgan fingerprint density at radius 1 is 0.960 bits per heavy atom. The molecule has 1 fully saturated rings. The number of piperazine rings is 1. The van der Waals surface area contributed by atoms with Crippen LogP contribution in [0.25, 0.3) is 10.9 Å². The third-order valence-corrected chi connectivity index (χ3v) is 5.11. The summed E-state index contributed by atoms with van der Waals surface area (Å²) >= 11 is 3.52. The van der Waals surface area contributed by atoms with E-state index in [0.717, 1.165) is 47.1 Å². The summed E-state index contributed by atoms with van der Waals surface area (Å²) in [5.41, 5.74) is 2.79. The molecule has 4 nitrogen and oxygen atoms in total. The Balaban J connectivity index is 1.51. The van der Waals surface area contributed by atoms with E-state index in [1.54, 1.807) is 6.20 Å². The van der Waals surface area contributed by atoms with Crippen molar-refractivity contribution in [1.29, 1.82) is 0 Å². The highest BCUT2D eigenvalue weighted by atomic mass is 79.9. The number of para-hydroxylation sites is 1. The van der Waals surface area contributed by atoms with Crippen LogP contribution in [0.4, 0.5) is 5.69 Å². The molecule has 0 N–H and O–H groups in total. The standard InChI is InChI=1S/C20H18BrN3O/c21-15-4-3-5-16(14-15)23-10-12-24(13-11-23)20(25)18-8-9-22-19-7-2-1-6-17(18)19/h1-9,14H,10-13H2. The van der Waals surface area contributed by atoms with Crippen LogP contribution in [0.5, 0.6) is 0 Å². The quantitative estimate of drug-likeness (QED) is 0.658. The first-order chi connectivity index (χ1) is 12.2. The molecule has 0 bridgehead atoms. The van der Waals surface area contributed by atoms with Crippen molar-refractivity contribution >= 4 is 38.4 Å². The van der Waals surface area contributed by atoms with Crippen molar-refractivity contribution in [3.63, 3.8) is 0 Å². The number of amides is 1. The number of nitrogens with zero attached hydrogens (tertiary/aromatic N) is 3. The van der Waals surface area contributed by atoms with Gasteiger partial charge in [-0.2, -0.15) is 0 Å². The first kappa shape index (κ1) is 16.1. The number of halogens is 1. The molecule has 1 aliphatic rings. The lowest BCUT2D eigenvalue weighted by atomic mass is 10.1. The third kappa shape index (κ3) is 3.24. The molecule has 2 aromatic carbocycles. The van der Waals surface area contributed by atoms with Crippen molar-refractivity contribution in [3.8, 4) is 0 Å². The van der Waals surface area contributed by atoms with Crippen molar-refractivity contribution < 1.29 is 4.79 Å². The molecule has 0 atom stereocenters. The van der Waals surface area contributed by atoms with Gasteiger partial charge >= 0.3 is 0 Å². The number of hydrogen-bond acceptors (Lipinski definition) is 3. The summed E-state index contributed by atoms with van der Waals surface area (Å²) in [6, 6.07) is 17.9. The zero-order valence-electron chi connectivity index (χ0n) is 13.7. The Bertz CT molecular complexity index is 914. The second-order valence-electron chi connectivity index (χ2n) is 6.13. The second-order valence-corrected chi connectivity index (χ2v) is 7.05. The van der Waals surface area contributed by atoms with Crippen molar-refractivity contribution in [2.24, 2.45) is 0 Å². The van der Waals surface area contributed by atoms with E-state index >= 15 is 0 Å². The number of benzene rings is 2. The molecule has 0 unspecified atom stereocenters. The monoisotopic (exact) mass is 395 g/mol. The van der Waals surface area contributed by atoms with Crippen molar-refractivity contribution in [3.05, 3.63) is 70.8 Å². The van der Waals surface area contributed by atoms with Crippen molar-refractivity contribution in [1.82, 2.24) is 9.88 Å². The van der Waals surface area contributed by atoms with Crippen molar-refractivity contribution in [2.75, 3.05) is 31.1 Å². The Morgan fingerprint density at radius 3 is 2.56 bits per heavy atom. The molecule has 1 aromatic heterocycles. The number of fused-ring (bicyclic) bond motifs is 1. The number of aromatic nitrogens is 1. The predicted molar refractivity (Wildman–Crippen MR) is 104 cm³/mol. The molecule has 126 valence electrons. The molecule has 0 radical (unpaired) electrons. The van der Waals surface area contributed by atoms with Crippen LogP contribution in [0.3, 0.4) is 0 Å². The fourth-order valence-corrected chi connectivity index (χ4v) is 3.68. The minimum Gasteiger partial charge on any atom is -0.368 e. The van der Waals surface area contributed by atoms with E-state index in [4.69, 9.17) is 0 Å². The first-order valence-corrected chi connectivity index (χ1v) is 9.15. The average molecular weight is 396 g/mol. The summed E-state index contributed by atoms with van der Waals surface area (Å²) in [6.45, 7) is 3.13. The van der Waals surface area contributed by atoms with Gasteiger partial charge in [0, 0.05) is 47.9 Å². The lowest BCUT2D eigenvalue weighted by molar-refractivity contribution is 0.0748. The summed E-state index contributed by atoms with van der Waals surface area (Å²) in [4.78, 5) is 21.6. The molecule has 0 aliphatic carbocycles. The van der Waals surface area contributed by atoms with E-state index in [0.29, 0.717) is 0 Å². The Labute approximate surface area is 155 Å².